The third kappa shape index (κ3) is 2.99. The molecule has 18 heavy (non-hydrogen) atoms. The van der Waals surface area contributed by atoms with E-state index in [1.807, 2.05) is 26.4 Å². The van der Waals surface area contributed by atoms with E-state index in [-0.39, 0.29) is 5.54 Å². The van der Waals surface area contributed by atoms with Crippen LogP contribution in [0.1, 0.15) is 30.7 Å². The second-order valence-electron chi connectivity index (χ2n) is 5.77. The van der Waals surface area contributed by atoms with Crippen LogP contribution in [0.3, 0.4) is 0 Å². The van der Waals surface area contributed by atoms with Gasteiger partial charge in [-0.25, -0.2) is 4.98 Å². The van der Waals surface area contributed by atoms with Gasteiger partial charge in [0, 0.05) is 29.5 Å². The molecule has 3 heteroatoms. The molecule has 0 atom stereocenters. The Morgan fingerprint density at radius 2 is 1.78 bits per heavy atom. The van der Waals surface area contributed by atoms with Gasteiger partial charge in [0.2, 0.25) is 0 Å². The van der Waals surface area contributed by atoms with E-state index in [0.717, 1.165) is 17.8 Å². The van der Waals surface area contributed by atoms with Crippen molar-refractivity contribution >= 4 is 0 Å². The molecule has 2 rings (SSSR count). The minimum Gasteiger partial charge on any atom is -0.325 e. The van der Waals surface area contributed by atoms with Crippen molar-refractivity contribution in [3.8, 4) is 5.69 Å². The first kappa shape index (κ1) is 12.8. The summed E-state index contributed by atoms with van der Waals surface area (Å²) in [4.78, 5) is 4.25. The topological polar surface area (TPSA) is 43.8 Å². The molecule has 0 amide bonds. The molecule has 0 aliphatic carbocycles. The summed E-state index contributed by atoms with van der Waals surface area (Å²) in [5.41, 5.74) is 10.7. The Bertz CT molecular complexity index is 527. The quantitative estimate of drug-likeness (QED) is 0.900. The molecule has 2 aromatic rings. The smallest absolute Gasteiger partial charge is 0.0994 e. The minimum absolute atomic E-state index is 0.226. The molecule has 0 aliphatic rings. The van der Waals surface area contributed by atoms with Crippen LogP contribution >= 0.6 is 0 Å². The minimum atomic E-state index is -0.226. The second kappa shape index (κ2) is 4.58. The zero-order valence-corrected chi connectivity index (χ0v) is 11.6. The van der Waals surface area contributed by atoms with Crippen LogP contribution in [0.25, 0.3) is 5.69 Å². The molecular formula is C15H21N3. The maximum Gasteiger partial charge on any atom is 0.0994 e. The summed E-state index contributed by atoms with van der Waals surface area (Å²) in [5, 5.41) is 0. The molecule has 0 unspecified atom stereocenters. The van der Waals surface area contributed by atoms with E-state index >= 15 is 0 Å². The molecule has 1 heterocycles. The molecule has 96 valence electrons. The first-order valence-corrected chi connectivity index (χ1v) is 6.24. The van der Waals surface area contributed by atoms with Crippen LogP contribution in [-0.4, -0.2) is 15.1 Å². The summed E-state index contributed by atoms with van der Waals surface area (Å²) in [5.74, 6) is 0. The van der Waals surface area contributed by atoms with E-state index in [1.165, 1.54) is 11.1 Å². The monoisotopic (exact) mass is 243 g/mol. The summed E-state index contributed by atoms with van der Waals surface area (Å²) in [6.45, 7) is 8.29. The lowest BCUT2D eigenvalue weighted by atomic mass is 10.0. The third-order valence-corrected chi connectivity index (χ3v) is 2.84. The molecule has 0 fully saturated rings. The fourth-order valence-electron chi connectivity index (χ4n) is 2.24. The van der Waals surface area contributed by atoms with Gasteiger partial charge in [-0.3, -0.25) is 0 Å². The van der Waals surface area contributed by atoms with Crippen molar-refractivity contribution in [3.05, 3.63) is 47.5 Å². The average molecular weight is 243 g/mol. The van der Waals surface area contributed by atoms with Crippen molar-refractivity contribution in [2.75, 3.05) is 0 Å². The van der Waals surface area contributed by atoms with E-state index in [0.29, 0.717) is 0 Å². The highest BCUT2D eigenvalue weighted by Crippen LogP contribution is 2.18. The Hall–Kier alpha value is -1.61. The van der Waals surface area contributed by atoms with Crippen molar-refractivity contribution in [3.63, 3.8) is 0 Å². The maximum atomic E-state index is 6.09. The van der Waals surface area contributed by atoms with Crippen LogP contribution in [0.15, 0.2) is 30.7 Å². The van der Waals surface area contributed by atoms with Crippen LogP contribution in [0.4, 0.5) is 0 Å². The summed E-state index contributed by atoms with van der Waals surface area (Å²) < 4.78 is 2.12. The molecule has 0 aliphatic heterocycles. The van der Waals surface area contributed by atoms with Gasteiger partial charge in [-0.15, -0.1) is 0 Å². The van der Waals surface area contributed by atoms with Gasteiger partial charge in [-0.1, -0.05) is 6.07 Å². The molecule has 0 saturated heterocycles. The number of nitrogens with two attached hydrogens (primary N) is 1. The summed E-state index contributed by atoms with van der Waals surface area (Å²) in [6, 6.07) is 6.51. The Balaban J connectivity index is 2.42. The molecule has 3 nitrogen and oxygen atoms in total. The van der Waals surface area contributed by atoms with Crippen molar-refractivity contribution < 1.29 is 0 Å². The van der Waals surface area contributed by atoms with Gasteiger partial charge < -0.3 is 10.3 Å². The number of hydrogen-bond acceptors (Lipinski definition) is 2. The number of rotatable bonds is 3. The van der Waals surface area contributed by atoms with Gasteiger partial charge in [0.1, 0.15) is 0 Å². The number of nitrogens with zero attached hydrogens (tertiary/aromatic N) is 2. The van der Waals surface area contributed by atoms with Gasteiger partial charge in [0.15, 0.2) is 0 Å². The fraction of sp³-hybridized carbons (Fsp3) is 0.400. The van der Waals surface area contributed by atoms with E-state index < -0.39 is 0 Å². The Morgan fingerprint density at radius 3 is 2.33 bits per heavy atom. The largest absolute Gasteiger partial charge is 0.325 e. The zero-order valence-electron chi connectivity index (χ0n) is 11.6. The van der Waals surface area contributed by atoms with Crippen molar-refractivity contribution in [1.82, 2.24) is 9.55 Å². The lowest BCUT2D eigenvalue weighted by Gasteiger charge is -2.19. The highest BCUT2D eigenvalue weighted by atomic mass is 15.1. The number of aryl methyl sites for hydroxylation is 2. The molecule has 1 aromatic heterocycles. The summed E-state index contributed by atoms with van der Waals surface area (Å²) in [7, 11) is 0. The Labute approximate surface area is 109 Å². The fourth-order valence-corrected chi connectivity index (χ4v) is 2.24. The molecule has 0 radical (unpaired) electrons. The number of benzene rings is 1. The van der Waals surface area contributed by atoms with Crippen LogP contribution in [-0.2, 0) is 6.42 Å². The molecule has 0 spiro atoms. The zero-order chi connectivity index (χ0) is 13.3. The van der Waals surface area contributed by atoms with Crippen LogP contribution in [0, 0.1) is 13.8 Å². The highest BCUT2D eigenvalue weighted by molar-refractivity contribution is 5.40. The lowest BCUT2D eigenvalue weighted by Crippen LogP contribution is -2.35. The predicted molar refractivity (Wildman–Crippen MR) is 75.0 cm³/mol. The van der Waals surface area contributed by atoms with Crippen molar-refractivity contribution in [2.24, 2.45) is 5.73 Å². The standard InChI is InChI=1S/C15H21N3/c1-11-5-12(2)7-13(6-11)18-10-17-9-14(18)8-15(3,4)16/h5-7,9-10H,8,16H2,1-4H3. The predicted octanol–water partition coefficient (Wildman–Crippen LogP) is 2.77. The number of aromatic nitrogens is 2. The van der Waals surface area contributed by atoms with Crippen molar-refractivity contribution in [2.45, 2.75) is 39.7 Å². The van der Waals surface area contributed by atoms with E-state index in [2.05, 4.69) is 41.6 Å². The first-order chi connectivity index (χ1) is 8.35. The van der Waals surface area contributed by atoms with Gasteiger partial charge in [-0.2, -0.15) is 0 Å². The maximum absolute atomic E-state index is 6.09. The number of imidazole rings is 1. The van der Waals surface area contributed by atoms with Gasteiger partial charge in [0.05, 0.1) is 6.33 Å². The van der Waals surface area contributed by atoms with E-state index in [1.54, 1.807) is 0 Å². The van der Waals surface area contributed by atoms with Gasteiger partial charge in [-0.05, 0) is 51.0 Å². The Morgan fingerprint density at radius 1 is 1.17 bits per heavy atom. The Kier molecular flexibility index (Phi) is 3.26. The SMILES string of the molecule is Cc1cc(C)cc(-n2cncc2CC(C)(C)N)c1. The van der Waals surface area contributed by atoms with Gasteiger partial charge in [0.25, 0.3) is 0 Å². The molecule has 0 bridgehead atoms. The van der Waals surface area contributed by atoms with Crippen LogP contribution < -0.4 is 5.73 Å². The third-order valence-electron chi connectivity index (χ3n) is 2.84. The van der Waals surface area contributed by atoms with E-state index in [9.17, 15) is 0 Å². The van der Waals surface area contributed by atoms with Crippen molar-refractivity contribution in [1.29, 1.82) is 0 Å². The molecular weight excluding hydrogens is 222 g/mol. The van der Waals surface area contributed by atoms with Crippen LogP contribution in [0.5, 0.6) is 0 Å². The normalized spacial score (nSPS) is 11.8. The first-order valence-electron chi connectivity index (χ1n) is 6.24. The molecule has 2 N–H and O–H groups in total. The summed E-state index contributed by atoms with van der Waals surface area (Å²) >= 11 is 0. The summed E-state index contributed by atoms with van der Waals surface area (Å²) in [6.07, 6.45) is 4.56. The average Bonchev–Trinajstić information content (AvgIpc) is 2.61. The second-order valence-corrected chi connectivity index (χ2v) is 5.77. The number of hydrogen-bond donors (Lipinski definition) is 1. The van der Waals surface area contributed by atoms with Gasteiger partial charge >= 0.3 is 0 Å². The molecule has 0 saturated carbocycles. The lowest BCUT2D eigenvalue weighted by molar-refractivity contribution is 0.506. The van der Waals surface area contributed by atoms with E-state index in [4.69, 9.17) is 5.73 Å². The molecule has 1 aromatic carbocycles. The highest BCUT2D eigenvalue weighted by Gasteiger charge is 2.15. The van der Waals surface area contributed by atoms with Crippen LogP contribution in [0.2, 0.25) is 0 Å².